The summed E-state index contributed by atoms with van der Waals surface area (Å²) >= 11 is 8.50. The lowest BCUT2D eigenvalue weighted by atomic mass is 10.1. The van der Waals surface area contributed by atoms with Crippen LogP contribution in [-0.2, 0) is 6.54 Å². The fourth-order valence-electron chi connectivity index (χ4n) is 1.78. The Bertz CT molecular complexity index is 594. The molecule has 0 saturated heterocycles. The number of nitrogens with two attached hydrogens (primary N) is 1. The Kier molecular flexibility index (Phi) is 4.56. The van der Waals surface area contributed by atoms with Crippen LogP contribution in [-0.4, -0.2) is 4.99 Å². The first-order chi connectivity index (χ1) is 9.06. The van der Waals surface area contributed by atoms with Crippen LogP contribution in [0.5, 0.6) is 0 Å². The topological polar surface area (TPSA) is 38.0 Å². The fraction of sp³-hybridized carbons (Fsp3) is 0.133. The van der Waals surface area contributed by atoms with Gasteiger partial charge < -0.3 is 11.1 Å². The van der Waals surface area contributed by atoms with Gasteiger partial charge in [-0.3, -0.25) is 0 Å². The summed E-state index contributed by atoms with van der Waals surface area (Å²) in [4.78, 5) is 0.396. The predicted molar refractivity (Wildman–Crippen MR) is 88.5 cm³/mol. The number of hydrogen-bond acceptors (Lipinski definition) is 2. The first kappa shape index (κ1) is 14.0. The molecule has 4 heteroatoms. The molecule has 0 aliphatic rings. The van der Waals surface area contributed by atoms with Gasteiger partial charge in [0.25, 0.3) is 0 Å². The van der Waals surface area contributed by atoms with Gasteiger partial charge in [-0.2, -0.15) is 0 Å². The zero-order valence-corrected chi connectivity index (χ0v) is 13.0. The summed E-state index contributed by atoms with van der Waals surface area (Å²) < 4.78 is 0.969. The van der Waals surface area contributed by atoms with Crippen LogP contribution in [0, 0.1) is 6.92 Å². The van der Waals surface area contributed by atoms with E-state index in [0.717, 1.165) is 22.3 Å². The summed E-state index contributed by atoms with van der Waals surface area (Å²) in [7, 11) is 0. The van der Waals surface area contributed by atoms with Gasteiger partial charge in [-0.15, -0.1) is 0 Å². The van der Waals surface area contributed by atoms with E-state index >= 15 is 0 Å². The van der Waals surface area contributed by atoms with Crippen LogP contribution in [0.2, 0.25) is 0 Å². The number of halogens is 1. The third-order valence-corrected chi connectivity index (χ3v) is 3.56. The van der Waals surface area contributed by atoms with Gasteiger partial charge in [0.05, 0.1) is 0 Å². The van der Waals surface area contributed by atoms with E-state index in [0.29, 0.717) is 4.99 Å². The molecule has 0 aromatic heterocycles. The number of anilines is 1. The van der Waals surface area contributed by atoms with Crippen LogP contribution in [0.25, 0.3) is 0 Å². The molecule has 2 aromatic rings. The van der Waals surface area contributed by atoms with Gasteiger partial charge in [-0.25, -0.2) is 0 Å². The molecule has 2 rings (SSSR count). The van der Waals surface area contributed by atoms with Gasteiger partial charge in [0.15, 0.2) is 0 Å². The van der Waals surface area contributed by atoms with Crippen molar-refractivity contribution in [2.24, 2.45) is 5.73 Å². The van der Waals surface area contributed by atoms with Crippen molar-refractivity contribution in [2.45, 2.75) is 13.5 Å². The summed E-state index contributed by atoms with van der Waals surface area (Å²) in [5.41, 5.74) is 10.0. The van der Waals surface area contributed by atoms with E-state index in [2.05, 4.69) is 52.4 Å². The molecule has 0 unspecified atom stereocenters. The number of nitrogens with one attached hydrogen (secondary N) is 1. The minimum Gasteiger partial charge on any atom is -0.389 e. The number of aryl methyl sites for hydroxylation is 1. The SMILES string of the molecule is Cc1ccc(CNc2ccc(Br)cc2C(N)=S)cc1. The van der Waals surface area contributed by atoms with Gasteiger partial charge in [-0.05, 0) is 30.7 Å². The van der Waals surface area contributed by atoms with Crippen LogP contribution < -0.4 is 11.1 Å². The highest BCUT2D eigenvalue weighted by Gasteiger charge is 2.05. The Balaban J connectivity index is 2.15. The van der Waals surface area contributed by atoms with Crippen molar-refractivity contribution >= 4 is 38.8 Å². The lowest BCUT2D eigenvalue weighted by Crippen LogP contribution is -2.13. The number of rotatable bonds is 4. The Morgan fingerprint density at radius 1 is 1.21 bits per heavy atom. The maximum Gasteiger partial charge on any atom is 0.106 e. The van der Waals surface area contributed by atoms with E-state index in [4.69, 9.17) is 18.0 Å². The molecule has 0 bridgehead atoms. The number of hydrogen-bond donors (Lipinski definition) is 2. The van der Waals surface area contributed by atoms with Gasteiger partial charge in [0, 0.05) is 22.3 Å². The molecule has 0 atom stereocenters. The van der Waals surface area contributed by atoms with Crippen molar-refractivity contribution in [1.82, 2.24) is 0 Å². The summed E-state index contributed by atoms with van der Waals surface area (Å²) in [5.74, 6) is 0. The maximum atomic E-state index is 5.74. The average Bonchev–Trinajstić information content (AvgIpc) is 2.39. The lowest BCUT2D eigenvalue weighted by Gasteiger charge is -2.12. The molecule has 0 spiro atoms. The smallest absolute Gasteiger partial charge is 0.106 e. The highest BCUT2D eigenvalue weighted by molar-refractivity contribution is 9.10. The second-order valence-corrected chi connectivity index (χ2v) is 5.75. The minimum absolute atomic E-state index is 0.396. The Labute approximate surface area is 127 Å². The molecule has 0 aliphatic carbocycles. The van der Waals surface area contributed by atoms with Crippen LogP contribution >= 0.6 is 28.1 Å². The average molecular weight is 335 g/mol. The number of thiocarbonyl (C=S) groups is 1. The number of benzene rings is 2. The van der Waals surface area contributed by atoms with E-state index in [9.17, 15) is 0 Å². The molecule has 0 heterocycles. The molecule has 0 fully saturated rings. The highest BCUT2D eigenvalue weighted by Crippen LogP contribution is 2.21. The zero-order valence-electron chi connectivity index (χ0n) is 10.6. The molecular formula is C15H15BrN2S. The molecule has 3 N–H and O–H groups in total. The Morgan fingerprint density at radius 2 is 1.89 bits per heavy atom. The third kappa shape index (κ3) is 3.78. The van der Waals surface area contributed by atoms with E-state index in [1.165, 1.54) is 11.1 Å². The van der Waals surface area contributed by atoms with Crippen LogP contribution in [0.4, 0.5) is 5.69 Å². The maximum absolute atomic E-state index is 5.74. The van der Waals surface area contributed by atoms with Crippen molar-refractivity contribution in [3.63, 3.8) is 0 Å². The van der Waals surface area contributed by atoms with Crippen molar-refractivity contribution in [3.8, 4) is 0 Å². The Morgan fingerprint density at radius 3 is 2.53 bits per heavy atom. The van der Waals surface area contributed by atoms with Gasteiger partial charge in [0.2, 0.25) is 0 Å². The quantitative estimate of drug-likeness (QED) is 0.830. The molecule has 19 heavy (non-hydrogen) atoms. The van der Waals surface area contributed by atoms with E-state index in [1.54, 1.807) is 0 Å². The predicted octanol–water partition coefficient (Wildman–Crippen LogP) is 4.00. The molecule has 98 valence electrons. The van der Waals surface area contributed by atoms with Crippen molar-refractivity contribution in [3.05, 3.63) is 63.6 Å². The van der Waals surface area contributed by atoms with Crippen molar-refractivity contribution in [1.29, 1.82) is 0 Å². The minimum atomic E-state index is 0.396. The van der Waals surface area contributed by atoms with E-state index < -0.39 is 0 Å². The molecule has 0 aliphatic heterocycles. The first-order valence-corrected chi connectivity index (χ1v) is 7.15. The zero-order chi connectivity index (χ0) is 13.8. The lowest BCUT2D eigenvalue weighted by molar-refractivity contribution is 1.14. The Hall–Kier alpha value is -1.39. The van der Waals surface area contributed by atoms with Crippen LogP contribution in [0.15, 0.2) is 46.9 Å². The second kappa shape index (κ2) is 6.17. The summed E-state index contributed by atoms with van der Waals surface area (Å²) in [6.45, 7) is 2.83. The molecule has 0 radical (unpaired) electrons. The monoisotopic (exact) mass is 334 g/mol. The second-order valence-electron chi connectivity index (χ2n) is 4.39. The third-order valence-electron chi connectivity index (χ3n) is 2.85. The first-order valence-electron chi connectivity index (χ1n) is 5.95. The fourth-order valence-corrected chi connectivity index (χ4v) is 2.31. The van der Waals surface area contributed by atoms with Crippen LogP contribution in [0.3, 0.4) is 0 Å². The van der Waals surface area contributed by atoms with Gasteiger partial charge in [0.1, 0.15) is 4.99 Å². The van der Waals surface area contributed by atoms with Gasteiger partial charge in [-0.1, -0.05) is 58.0 Å². The highest BCUT2D eigenvalue weighted by atomic mass is 79.9. The summed E-state index contributed by atoms with van der Waals surface area (Å²) in [5, 5.41) is 3.37. The molecule has 2 nitrogen and oxygen atoms in total. The summed E-state index contributed by atoms with van der Waals surface area (Å²) in [6.07, 6.45) is 0. The van der Waals surface area contributed by atoms with Crippen LogP contribution in [0.1, 0.15) is 16.7 Å². The van der Waals surface area contributed by atoms with E-state index in [-0.39, 0.29) is 0 Å². The normalized spacial score (nSPS) is 10.2. The molecule has 2 aromatic carbocycles. The van der Waals surface area contributed by atoms with Crippen molar-refractivity contribution in [2.75, 3.05) is 5.32 Å². The molecule has 0 amide bonds. The van der Waals surface area contributed by atoms with Gasteiger partial charge >= 0.3 is 0 Å². The van der Waals surface area contributed by atoms with E-state index in [1.807, 2.05) is 18.2 Å². The van der Waals surface area contributed by atoms with Crippen molar-refractivity contribution < 1.29 is 0 Å². The standard InChI is InChI=1S/C15H15BrN2S/c1-10-2-4-11(5-3-10)9-18-14-7-6-12(16)8-13(14)15(17)19/h2-8,18H,9H2,1H3,(H2,17,19). The summed E-state index contributed by atoms with van der Waals surface area (Å²) in [6, 6.07) is 14.3. The molecule has 0 saturated carbocycles. The largest absolute Gasteiger partial charge is 0.389 e. The molecular weight excluding hydrogens is 320 g/mol.